The van der Waals surface area contributed by atoms with E-state index in [1.54, 1.807) is 12.1 Å². The van der Waals surface area contributed by atoms with Crippen LogP contribution in [-0.2, 0) is 0 Å². The first-order valence-electron chi connectivity index (χ1n) is 8.77. The summed E-state index contributed by atoms with van der Waals surface area (Å²) in [4.78, 5) is 4.49. The number of rotatable bonds is 4. The van der Waals surface area contributed by atoms with Crippen molar-refractivity contribution in [2.45, 2.75) is 38.9 Å². The molecule has 0 unspecified atom stereocenters. The van der Waals surface area contributed by atoms with Crippen molar-refractivity contribution in [3.8, 4) is 23.0 Å². The molecule has 0 aliphatic heterocycles. The van der Waals surface area contributed by atoms with Gasteiger partial charge in [0.1, 0.15) is 11.3 Å². The molecule has 1 N–H and O–H groups in total. The zero-order valence-electron chi connectivity index (χ0n) is 16.3. The van der Waals surface area contributed by atoms with Crippen molar-refractivity contribution < 1.29 is 18.3 Å². The van der Waals surface area contributed by atoms with Gasteiger partial charge in [0.25, 0.3) is 0 Å². The third kappa shape index (κ3) is 3.62. The molecular weight excluding hydrogens is 361 g/mol. The SMILES string of the molecule is C=Cc1cc(O[Si](C)(C)C(C)(C)C)cc2nc(-c3ccc(O)c(F)c3)oc12. The lowest BCUT2D eigenvalue weighted by atomic mass is 10.2. The number of nitrogens with zero attached hydrogens (tertiary/aromatic N) is 1. The van der Waals surface area contributed by atoms with Crippen LogP contribution in [0.15, 0.2) is 41.3 Å². The first-order chi connectivity index (χ1) is 12.5. The number of fused-ring (bicyclic) bond motifs is 1. The van der Waals surface area contributed by atoms with Crippen LogP contribution in [0.5, 0.6) is 11.5 Å². The molecule has 3 rings (SSSR count). The topological polar surface area (TPSA) is 55.5 Å². The summed E-state index contributed by atoms with van der Waals surface area (Å²) in [6, 6.07) is 7.76. The highest BCUT2D eigenvalue weighted by Gasteiger charge is 2.39. The molecule has 1 aromatic heterocycles. The van der Waals surface area contributed by atoms with E-state index in [1.807, 2.05) is 12.1 Å². The molecule has 4 nitrogen and oxygen atoms in total. The second-order valence-corrected chi connectivity index (χ2v) is 12.8. The monoisotopic (exact) mass is 385 g/mol. The molecule has 2 aromatic carbocycles. The Kier molecular flexibility index (Phi) is 4.63. The maximum Gasteiger partial charge on any atom is 0.250 e. The van der Waals surface area contributed by atoms with Crippen molar-refractivity contribution in [3.05, 3.63) is 48.3 Å². The fraction of sp³-hybridized carbons (Fsp3) is 0.286. The predicted octanol–water partition coefficient (Wildman–Crippen LogP) is 6.37. The first-order valence-corrected chi connectivity index (χ1v) is 11.7. The van der Waals surface area contributed by atoms with Gasteiger partial charge < -0.3 is 13.9 Å². The number of phenols is 1. The maximum atomic E-state index is 13.7. The Bertz CT molecular complexity index is 1020. The number of hydrogen-bond acceptors (Lipinski definition) is 4. The smallest absolute Gasteiger partial charge is 0.250 e. The van der Waals surface area contributed by atoms with E-state index in [2.05, 4.69) is 45.4 Å². The zero-order chi connectivity index (χ0) is 20.0. The summed E-state index contributed by atoms with van der Waals surface area (Å²) in [5.41, 5.74) is 2.39. The highest BCUT2D eigenvalue weighted by molar-refractivity contribution is 6.74. The molecule has 0 aliphatic carbocycles. The molecule has 3 aromatic rings. The molecule has 0 bridgehead atoms. The van der Waals surface area contributed by atoms with E-state index in [0.29, 0.717) is 16.7 Å². The molecule has 0 spiro atoms. The quantitative estimate of drug-likeness (QED) is 0.530. The normalized spacial score (nSPS) is 12.4. The Morgan fingerprint density at radius 3 is 2.52 bits per heavy atom. The van der Waals surface area contributed by atoms with E-state index in [4.69, 9.17) is 8.84 Å². The Hall–Kier alpha value is -2.60. The minimum atomic E-state index is -2.01. The van der Waals surface area contributed by atoms with Crippen molar-refractivity contribution in [2.75, 3.05) is 0 Å². The van der Waals surface area contributed by atoms with Crippen LogP contribution in [0.4, 0.5) is 4.39 Å². The van der Waals surface area contributed by atoms with Crippen LogP contribution in [0.1, 0.15) is 26.3 Å². The van der Waals surface area contributed by atoms with Crippen LogP contribution in [0.2, 0.25) is 18.1 Å². The maximum absolute atomic E-state index is 13.7. The van der Waals surface area contributed by atoms with Gasteiger partial charge in [0.05, 0.1) is 0 Å². The summed E-state index contributed by atoms with van der Waals surface area (Å²) < 4.78 is 25.9. The molecular formula is C21H24FNO3Si. The summed E-state index contributed by atoms with van der Waals surface area (Å²) in [6.07, 6.45) is 1.69. The molecule has 142 valence electrons. The van der Waals surface area contributed by atoms with Gasteiger partial charge in [0.2, 0.25) is 14.2 Å². The summed E-state index contributed by atoms with van der Waals surface area (Å²) in [5.74, 6) is -0.135. The van der Waals surface area contributed by atoms with Gasteiger partial charge in [-0.1, -0.05) is 33.4 Å². The van der Waals surface area contributed by atoms with E-state index >= 15 is 0 Å². The fourth-order valence-electron chi connectivity index (χ4n) is 2.45. The van der Waals surface area contributed by atoms with Gasteiger partial charge in [-0.15, -0.1) is 0 Å². The molecule has 0 fully saturated rings. The summed E-state index contributed by atoms with van der Waals surface area (Å²) >= 11 is 0. The first kappa shape index (κ1) is 19.2. The van der Waals surface area contributed by atoms with Crippen LogP contribution in [0, 0.1) is 5.82 Å². The molecule has 0 saturated heterocycles. The highest BCUT2D eigenvalue weighted by Crippen LogP contribution is 2.39. The molecule has 0 saturated carbocycles. The van der Waals surface area contributed by atoms with Gasteiger partial charge in [0.15, 0.2) is 17.1 Å². The number of oxazole rings is 1. The highest BCUT2D eigenvalue weighted by atomic mass is 28.4. The molecule has 0 aliphatic rings. The number of phenolic OH excluding ortho intramolecular Hbond substituents is 1. The third-order valence-corrected chi connectivity index (χ3v) is 9.44. The van der Waals surface area contributed by atoms with Gasteiger partial charge in [0, 0.05) is 17.2 Å². The minimum Gasteiger partial charge on any atom is -0.543 e. The standard InChI is InChI=1S/C21H24FNO3Si/c1-7-13-10-15(26-27(5,6)21(2,3)4)12-17-19(13)25-20(23-17)14-8-9-18(24)16(22)11-14/h7-12,24H,1H2,2-6H3. The van der Waals surface area contributed by atoms with E-state index in [0.717, 1.165) is 11.3 Å². The summed E-state index contributed by atoms with van der Waals surface area (Å²) in [6.45, 7) is 14.7. The Balaban J connectivity index is 2.08. The average Bonchev–Trinajstić information content (AvgIpc) is 2.99. The Morgan fingerprint density at radius 2 is 1.93 bits per heavy atom. The van der Waals surface area contributed by atoms with Crippen LogP contribution in [-0.4, -0.2) is 18.4 Å². The van der Waals surface area contributed by atoms with Crippen LogP contribution in [0.3, 0.4) is 0 Å². The summed E-state index contributed by atoms with van der Waals surface area (Å²) in [7, 11) is -2.01. The van der Waals surface area contributed by atoms with E-state index in [9.17, 15) is 9.50 Å². The van der Waals surface area contributed by atoms with Gasteiger partial charge in [-0.2, -0.15) is 0 Å². The van der Waals surface area contributed by atoms with E-state index < -0.39 is 19.9 Å². The van der Waals surface area contributed by atoms with Crippen molar-refractivity contribution in [1.29, 1.82) is 0 Å². The number of halogens is 1. The van der Waals surface area contributed by atoms with Crippen molar-refractivity contribution in [3.63, 3.8) is 0 Å². The number of benzene rings is 2. The predicted molar refractivity (Wildman–Crippen MR) is 109 cm³/mol. The molecule has 0 amide bonds. The number of aromatic nitrogens is 1. The second-order valence-electron chi connectivity index (χ2n) is 8.11. The number of hydrogen-bond donors (Lipinski definition) is 1. The van der Waals surface area contributed by atoms with Crippen LogP contribution < -0.4 is 4.43 Å². The van der Waals surface area contributed by atoms with E-state index in [-0.39, 0.29) is 10.9 Å². The molecule has 0 radical (unpaired) electrons. The number of aromatic hydroxyl groups is 1. The third-order valence-electron chi connectivity index (χ3n) is 5.09. The van der Waals surface area contributed by atoms with Crippen LogP contribution >= 0.6 is 0 Å². The molecule has 27 heavy (non-hydrogen) atoms. The summed E-state index contributed by atoms with van der Waals surface area (Å²) in [5, 5.41) is 9.44. The largest absolute Gasteiger partial charge is 0.543 e. The van der Waals surface area contributed by atoms with Crippen molar-refractivity contribution in [1.82, 2.24) is 4.98 Å². The molecule has 6 heteroatoms. The lowest BCUT2D eigenvalue weighted by Gasteiger charge is -2.36. The van der Waals surface area contributed by atoms with Gasteiger partial charge in [-0.25, -0.2) is 9.37 Å². The van der Waals surface area contributed by atoms with Gasteiger partial charge in [-0.3, -0.25) is 0 Å². The van der Waals surface area contributed by atoms with Crippen molar-refractivity contribution >= 4 is 25.5 Å². The van der Waals surface area contributed by atoms with Gasteiger partial charge >= 0.3 is 0 Å². The lowest BCUT2D eigenvalue weighted by Crippen LogP contribution is -2.43. The Labute approximate surface area is 159 Å². The minimum absolute atomic E-state index is 0.0643. The van der Waals surface area contributed by atoms with Crippen molar-refractivity contribution in [2.24, 2.45) is 0 Å². The van der Waals surface area contributed by atoms with E-state index in [1.165, 1.54) is 12.1 Å². The average molecular weight is 386 g/mol. The van der Waals surface area contributed by atoms with Crippen LogP contribution in [0.25, 0.3) is 28.6 Å². The second kappa shape index (κ2) is 6.53. The lowest BCUT2D eigenvalue weighted by molar-refractivity contribution is 0.432. The Morgan fingerprint density at radius 1 is 1.22 bits per heavy atom. The fourth-order valence-corrected chi connectivity index (χ4v) is 3.47. The zero-order valence-corrected chi connectivity index (χ0v) is 17.3. The van der Waals surface area contributed by atoms with Gasteiger partial charge in [-0.05, 0) is 42.4 Å². The molecule has 1 heterocycles. The molecule has 0 atom stereocenters.